The van der Waals surface area contributed by atoms with Crippen molar-refractivity contribution in [3.63, 3.8) is 0 Å². The fourth-order valence-electron chi connectivity index (χ4n) is 4.49. The van der Waals surface area contributed by atoms with Gasteiger partial charge in [-0.15, -0.1) is 0 Å². The van der Waals surface area contributed by atoms with Gasteiger partial charge in [0.15, 0.2) is 5.82 Å². The van der Waals surface area contributed by atoms with E-state index < -0.39 is 0 Å². The zero-order valence-electron chi connectivity index (χ0n) is 19.3. The van der Waals surface area contributed by atoms with Crippen molar-refractivity contribution < 1.29 is 9.47 Å². The summed E-state index contributed by atoms with van der Waals surface area (Å²) in [5.41, 5.74) is 5.17. The van der Waals surface area contributed by atoms with Gasteiger partial charge in [0.1, 0.15) is 29.2 Å². The topological polar surface area (TPSA) is 67.0 Å². The molecule has 0 fully saturated rings. The van der Waals surface area contributed by atoms with Crippen LogP contribution in [0.25, 0.3) is 33.8 Å². The van der Waals surface area contributed by atoms with Gasteiger partial charge in [-0.3, -0.25) is 0 Å². The lowest BCUT2D eigenvalue weighted by Gasteiger charge is -2.16. The van der Waals surface area contributed by atoms with Crippen LogP contribution in [0.4, 0.5) is 0 Å². The number of hydrogen-bond donors (Lipinski definition) is 0. The maximum atomic E-state index is 6.05. The molecule has 176 valence electrons. The maximum Gasteiger partial charge on any atom is 0.181 e. The first-order chi connectivity index (χ1) is 17.2. The fraction of sp³-hybridized carbons (Fsp3) is 0.222. The normalized spacial score (nSPS) is 13.3. The summed E-state index contributed by atoms with van der Waals surface area (Å²) in [5, 5.41) is 4.67. The second-order valence-corrected chi connectivity index (χ2v) is 9.52. The zero-order valence-corrected chi connectivity index (χ0v) is 20.9. The van der Waals surface area contributed by atoms with E-state index in [0.29, 0.717) is 12.4 Å². The largest absolute Gasteiger partial charge is 0.497 e. The van der Waals surface area contributed by atoms with E-state index in [1.54, 1.807) is 13.4 Å². The minimum absolute atomic E-state index is 0.652. The molecule has 0 bridgehead atoms. The van der Waals surface area contributed by atoms with Crippen molar-refractivity contribution in [1.29, 1.82) is 0 Å². The van der Waals surface area contributed by atoms with Gasteiger partial charge in [0, 0.05) is 22.1 Å². The molecule has 5 aromatic rings. The third-order valence-electron chi connectivity index (χ3n) is 6.25. The molecule has 1 aliphatic rings. The molecule has 2 aromatic heterocycles. The molecule has 0 atom stereocenters. The van der Waals surface area contributed by atoms with Crippen LogP contribution in [0, 0.1) is 0 Å². The minimum Gasteiger partial charge on any atom is -0.497 e. The average Bonchev–Trinajstić information content (AvgIpc) is 3.47. The third-order valence-corrected chi connectivity index (χ3v) is 6.70. The number of halogens is 1. The second kappa shape index (κ2) is 9.19. The van der Waals surface area contributed by atoms with Crippen LogP contribution in [-0.2, 0) is 13.1 Å². The molecular formula is C27H24BrN5O2. The molecule has 0 saturated carbocycles. The zero-order chi connectivity index (χ0) is 23.8. The Hall–Kier alpha value is -3.65. The van der Waals surface area contributed by atoms with E-state index in [0.717, 1.165) is 75.5 Å². The molecule has 0 spiro atoms. The van der Waals surface area contributed by atoms with E-state index in [2.05, 4.69) is 60.9 Å². The highest BCUT2D eigenvalue weighted by atomic mass is 79.9. The molecular weight excluding hydrogens is 506 g/mol. The van der Waals surface area contributed by atoms with Crippen molar-refractivity contribution in [2.45, 2.75) is 25.9 Å². The first-order valence-corrected chi connectivity index (χ1v) is 12.4. The minimum atomic E-state index is 0.652. The highest BCUT2D eigenvalue weighted by Gasteiger charge is 2.19. The van der Waals surface area contributed by atoms with Gasteiger partial charge < -0.3 is 14.0 Å². The molecule has 0 radical (unpaired) electrons. The lowest BCUT2D eigenvalue weighted by molar-refractivity contribution is 0.299. The van der Waals surface area contributed by atoms with Crippen molar-refractivity contribution in [2.24, 2.45) is 0 Å². The number of nitrogens with zero attached hydrogens (tertiary/aromatic N) is 5. The van der Waals surface area contributed by atoms with Gasteiger partial charge in [0.25, 0.3) is 0 Å². The summed E-state index contributed by atoms with van der Waals surface area (Å²) in [6.45, 7) is 2.31. The predicted molar refractivity (Wildman–Crippen MR) is 139 cm³/mol. The van der Waals surface area contributed by atoms with Crippen LogP contribution in [0.3, 0.4) is 0 Å². The van der Waals surface area contributed by atoms with Crippen LogP contribution in [0.2, 0.25) is 0 Å². The molecule has 0 N–H and O–H groups in total. The predicted octanol–water partition coefficient (Wildman–Crippen LogP) is 5.95. The molecule has 1 aliphatic heterocycles. The SMILES string of the molecule is COc1ccc(Cn2cnc(-c3ccc(-c4nc5cc(Br)cc6c5n4CCCCO6)cc3)n2)cc1. The van der Waals surface area contributed by atoms with E-state index in [1.807, 2.05) is 35.0 Å². The highest BCUT2D eigenvalue weighted by Crippen LogP contribution is 2.36. The number of benzene rings is 3. The maximum absolute atomic E-state index is 6.05. The Balaban J connectivity index is 1.28. The molecule has 8 heteroatoms. The Bertz CT molecular complexity index is 1490. The number of aryl methyl sites for hydroxylation is 1. The summed E-state index contributed by atoms with van der Waals surface area (Å²) in [7, 11) is 1.67. The van der Waals surface area contributed by atoms with Crippen LogP contribution in [0.1, 0.15) is 18.4 Å². The number of methoxy groups -OCH3 is 1. The van der Waals surface area contributed by atoms with Crippen molar-refractivity contribution in [2.75, 3.05) is 13.7 Å². The van der Waals surface area contributed by atoms with E-state index in [1.165, 1.54) is 0 Å². The van der Waals surface area contributed by atoms with E-state index in [4.69, 9.17) is 14.5 Å². The van der Waals surface area contributed by atoms with Crippen molar-refractivity contribution in [1.82, 2.24) is 24.3 Å². The van der Waals surface area contributed by atoms with Gasteiger partial charge in [0.2, 0.25) is 0 Å². The van der Waals surface area contributed by atoms with Crippen LogP contribution in [-0.4, -0.2) is 38.0 Å². The number of ether oxygens (including phenoxy) is 2. The molecule has 0 amide bonds. The van der Waals surface area contributed by atoms with Crippen LogP contribution >= 0.6 is 15.9 Å². The second-order valence-electron chi connectivity index (χ2n) is 8.61. The lowest BCUT2D eigenvalue weighted by atomic mass is 10.1. The van der Waals surface area contributed by atoms with Crippen molar-refractivity contribution in [3.8, 4) is 34.3 Å². The summed E-state index contributed by atoms with van der Waals surface area (Å²) in [5.74, 6) is 3.38. The van der Waals surface area contributed by atoms with Gasteiger partial charge in [-0.05, 0) is 42.7 Å². The van der Waals surface area contributed by atoms with E-state index in [-0.39, 0.29) is 0 Å². The Morgan fingerprint density at radius 2 is 1.80 bits per heavy atom. The van der Waals surface area contributed by atoms with Crippen molar-refractivity contribution >= 4 is 27.0 Å². The van der Waals surface area contributed by atoms with Gasteiger partial charge in [-0.2, -0.15) is 5.10 Å². The first-order valence-electron chi connectivity index (χ1n) is 11.6. The molecule has 35 heavy (non-hydrogen) atoms. The average molecular weight is 530 g/mol. The summed E-state index contributed by atoms with van der Waals surface area (Å²) in [6.07, 6.45) is 3.85. The monoisotopic (exact) mass is 529 g/mol. The molecule has 6 rings (SSSR count). The Labute approximate surface area is 211 Å². The molecule has 3 heterocycles. The van der Waals surface area contributed by atoms with Crippen LogP contribution in [0.5, 0.6) is 11.5 Å². The van der Waals surface area contributed by atoms with Crippen LogP contribution < -0.4 is 9.47 Å². The van der Waals surface area contributed by atoms with Gasteiger partial charge >= 0.3 is 0 Å². The standard InChI is InChI=1S/C27H24BrN5O2/c1-34-22-10-4-18(5-11-22)16-32-17-29-26(31-32)19-6-8-20(9-7-19)27-30-23-14-21(28)15-24-25(23)33(27)12-2-3-13-35-24/h4-11,14-15,17H,2-3,12-13,16H2,1H3. The summed E-state index contributed by atoms with van der Waals surface area (Å²) < 4.78 is 16.4. The number of aromatic nitrogens is 5. The van der Waals surface area contributed by atoms with Crippen molar-refractivity contribution in [3.05, 3.63) is 77.0 Å². The van der Waals surface area contributed by atoms with E-state index in [9.17, 15) is 0 Å². The number of imidazole rings is 1. The Kier molecular flexibility index (Phi) is 5.74. The molecule has 0 aliphatic carbocycles. The Morgan fingerprint density at radius 1 is 1.00 bits per heavy atom. The number of rotatable bonds is 5. The first kappa shape index (κ1) is 21.9. The molecule has 3 aromatic carbocycles. The summed E-state index contributed by atoms with van der Waals surface area (Å²) in [4.78, 5) is 9.50. The third kappa shape index (κ3) is 4.30. The summed E-state index contributed by atoms with van der Waals surface area (Å²) in [6, 6.07) is 20.4. The fourth-order valence-corrected chi connectivity index (χ4v) is 4.91. The molecule has 7 nitrogen and oxygen atoms in total. The lowest BCUT2D eigenvalue weighted by Crippen LogP contribution is -2.08. The van der Waals surface area contributed by atoms with E-state index >= 15 is 0 Å². The van der Waals surface area contributed by atoms with Gasteiger partial charge in [-0.25, -0.2) is 14.6 Å². The van der Waals surface area contributed by atoms with Gasteiger partial charge in [-0.1, -0.05) is 52.3 Å². The molecule has 0 unspecified atom stereocenters. The Morgan fingerprint density at radius 3 is 2.60 bits per heavy atom. The quantitative estimate of drug-likeness (QED) is 0.281. The van der Waals surface area contributed by atoms with Crippen LogP contribution in [0.15, 0.2) is 71.5 Å². The van der Waals surface area contributed by atoms with Gasteiger partial charge in [0.05, 0.1) is 25.8 Å². The molecule has 0 saturated heterocycles. The number of hydrogen-bond acceptors (Lipinski definition) is 5. The summed E-state index contributed by atoms with van der Waals surface area (Å²) >= 11 is 3.60. The highest BCUT2D eigenvalue weighted by molar-refractivity contribution is 9.10. The smallest absolute Gasteiger partial charge is 0.181 e.